The number of imidazole rings is 1. The van der Waals surface area contributed by atoms with Gasteiger partial charge in [-0.05, 0) is 18.6 Å². The minimum Gasteiger partial charge on any atom is -0.490 e. The molecule has 1 heterocycles. The van der Waals surface area contributed by atoms with Crippen LogP contribution in [0.15, 0.2) is 36.9 Å². The Morgan fingerprint density at radius 3 is 3.00 bits per heavy atom. The van der Waals surface area contributed by atoms with Gasteiger partial charge < -0.3 is 14.4 Å². The molecule has 0 atom stereocenters. The van der Waals surface area contributed by atoms with Gasteiger partial charge in [-0.1, -0.05) is 6.07 Å². The first-order valence-electron chi connectivity index (χ1n) is 5.79. The number of carboxylic acids is 1. The van der Waals surface area contributed by atoms with Crippen LogP contribution >= 0.6 is 0 Å². The molecule has 0 saturated carbocycles. The molecular weight excluding hydrogens is 251 g/mol. The fraction of sp³-hybridized carbons (Fsp3) is 0.231. The number of carbonyl (C=O) groups is 1. The zero-order valence-electron chi connectivity index (χ0n) is 10.1. The number of benzene rings is 1. The van der Waals surface area contributed by atoms with Crippen LogP contribution in [-0.4, -0.2) is 27.2 Å². The minimum atomic E-state index is -1.20. The summed E-state index contributed by atoms with van der Waals surface area (Å²) in [7, 11) is 0. The number of nitrogens with zero attached hydrogens (tertiary/aromatic N) is 2. The third-order valence-electron chi connectivity index (χ3n) is 2.56. The van der Waals surface area contributed by atoms with Crippen molar-refractivity contribution in [2.24, 2.45) is 0 Å². The van der Waals surface area contributed by atoms with Crippen molar-refractivity contribution in [3.8, 4) is 5.75 Å². The molecule has 100 valence electrons. The van der Waals surface area contributed by atoms with Gasteiger partial charge in [0.1, 0.15) is 5.56 Å². The molecule has 6 heteroatoms. The molecule has 0 amide bonds. The molecule has 1 aromatic carbocycles. The maximum absolute atomic E-state index is 13.5. The summed E-state index contributed by atoms with van der Waals surface area (Å²) in [6.07, 6.45) is 5.78. The topological polar surface area (TPSA) is 64.3 Å². The van der Waals surface area contributed by atoms with Crippen molar-refractivity contribution >= 4 is 5.97 Å². The Balaban J connectivity index is 1.93. The monoisotopic (exact) mass is 264 g/mol. The molecule has 1 N–H and O–H groups in total. The molecule has 0 unspecified atom stereocenters. The fourth-order valence-electron chi connectivity index (χ4n) is 1.66. The second kappa shape index (κ2) is 5.99. The SMILES string of the molecule is O=C(O)c1cccc(F)c1OCCCn1ccnc1. The smallest absolute Gasteiger partial charge is 0.339 e. The van der Waals surface area contributed by atoms with Gasteiger partial charge in [-0.3, -0.25) is 0 Å². The van der Waals surface area contributed by atoms with Crippen LogP contribution in [0.2, 0.25) is 0 Å². The molecule has 0 bridgehead atoms. The van der Waals surface area contributed by atoms with Gasteiger partial charge >= 0.3 is 5.97 Å². The standard InChI is InChI=1S/C13H13FN2O3/c14-11-4-1-3-10(13(17)18)12(11)19-8-2-6-16-7-5-15-9-16/h1,3-5,7,9H,2,6,8H2,(H,17,18). The minimum absolute atomic E-state index is 0.164. The van der Waals surface area contributed by atoms with Crippen molar-refractivity contribution in [2.75, 3.05) is 6.61 Å². The van der Waals surface area contributed by atoms with E-state index < -0.39 is 11.8 Å². The maximum atomic E-state index is 13.5. The zero-order chi connectivity index (χ0) is 13.7. The Hall–Kier alpha value is -2.37. The largest absolute Gasteiger partial charge is 0.490 e. The normalized spacial score (nSPS) is 10.4. The number of rotatable bonds is 6. The highest BCUT2D eigenvalue weighted by Crippen LogP contribution is 2.22. The molecule has 0 spiro atoms. The second-order valence-electron chi connectivity index (χ2n) is 3.92. The van der Waals surface area contributed by atoms with Crippen LogP contribution in [-0.2, 0) is 6.54 Å². The molecule has 0 aliphatic rings. The van der Waals surface area contributed by atoms with E-state index in [9.17, 15) is 9.18 Å². The van der Waals surface area contributed by atoms with Gasteiger partial charge in [-0.2, -0.15) is 0 Å². The highest BCUT2D eigenvalue weighted by molar-refractivity contribution is 5.90. The van der Waals surface area contributed by atoms with Crippen LogP contribution in [0, 0.1) is 5.82 Å². The number of carboxylic acid groups (broad SMARTS) is 1. The number of halogens is 1. The van der Waals surface area contributed by atoms with E-state index in [1.54, 1.807) is 12.5 Å². The van der Waals surface area contributed by atoms with E-state index in [1.807, 2.05) is 10.8 Å². The van der Waals surface area contributed by atoms with Gasteiger partial charge in [0.15, 0.2) is 11.6 Å². The summed E-state index contributed by atoms with van der Waals surface area (Å²) < 4.78 is 20.6. The van der Waals surface area contributed by atoms with E-state index in [1.165, 1.54) is 18.2 Å². The number of hydrogen-bond acceptors (Lipinski definition) is 3. The summed E-state index contributed by atoms with van der Waals surface area (Å²) >= 11 is 0. The van der Waals surface area contributed by atoms with Crippen molar-refractivity contribution in [2.45, 2.75) is 13.0 Å². The predicted octanol–water partition coefficient (Wildman–Crippen LogP) is 2.19. The van der Waals surface area contributed by atoms with Gasteiger partial charge in [0.25, 0.3) is 0 Å². The first kappa shape index (κ1) is 13.1. The molecule has 19 heavy (non-hydrogen) atoms. The molecule has 0 radical (unpaired) electrons. The van der Waals surface area contributed by atoms with Crippen LogP contribution in [0.3, 0.4) is 0 Å². The van der Waals surface area contributed by atoms with Gasteiger partial charge in [-0.15, -0.1) is 0 Å². The Kier molecular flexibility index (Phi) is 4.12. The lowest BCUT2D eigenvalue weighted by molar-refractivity contribution is 0.0691. The lowest BCUT2D eigenvalue weighted by Gasteiger charge is -2.10. The number of ether oxygens (including phenoxy) is 1. The summed E-state index contributed by atoms with van der Waals surface area (Å²) in [5, 5.41) is 8.94. The van der Waals surface area contributed by atoms with Crippen molar-refractivity contribution < 1.29 is 19.0 Å². The Labute approximate surface area is 109 Å². The van der Waals surface area contributed by atoms with E-state index in [4.69, 9.17) is 9.84 Å². The van der Waals surface area contributed by atoms with Gasteiger partial charge in [0.2, 0.25) is 0 Å². The van der Waals surface area contributed by atoms with E-state index in [2.05, 4.69) is 4.98 Å². The molecule has 5 nitrogen and oxygen atoms in total. The number of hydrogen-bond donors (Lipinski definition) is 1. The fourth-order valence-corrected chi connectivity index (χ4v) is 1.66. The number of aryl methyl sites for hydroxylation is 1. The maximum Gasteiger partial charge on any atom is 0.339 e. The van der Waals surface area contributed by atoms with Gasteiger partial charge in [-0.25, -0.2) is 14.2 Å². The van der Waals surface area contributed by atoms with Crippen molar-refractivity contribution in [3.63, 3.8) is 0 Å². The average Bonchev–Trinajstić information content (AvgIpc) is 2.88. The van der Waals surface area contributed by atoms with E-state index in [0.29, 0.717) is 13.0 Å². The molecule has 0 aliphatic carbocycles. The zero-order valence-corrected chi connectivity index (χ0v) is 10.1. The average molecular weight is 264 g/mol. The predicted molar refractivity (Wildman–Crippen MR) is 65.7 cm³/mol. The van der Waals surface area contributed by atoms with E-state index >= 15 is 0 Å². The van der Waals surface area contributed by atoms with Crippen LogP contribution in [0.25, 0.3) is 0 Å². The highest BCUT2D eigenvalue weighted by Gasteiger charge is 2.15. The highest BCUT2D eigenvalue weighted by atomic mass is 19.1. The Morgan fingerprint density at radius 2 is 2.32 bits per heavy atom. The Bertz CT molecular complexity index is 555. The summed E-state index contributed by atoms with van der Waals surface area (Å²) in [5.41, 5.74) is -0.164. The first-order valence-corrected chi connectivity index (χ1v) is 5.79. The summed E-state index contributed by atoms with van der Waals surface area (Å²) in [6.45, 7) is 0.913. The summed E-state index contributed by atoms with van der Waals surface area (Å²) in [5.74, 6) is -2.08. The molecule has 0 aliphatic heterocycles. The Morgan fingerprint density at radius 1 is 1.47 bits per heavy atom. The quantitative estimate of drug-likeness (QED) is 0.812. The van der Waals surface area contributed by atoms with Crippen LogP contribution in [0.5, 0.6) is 5.75 Å². The number of aromatic carboxylic acids is 1. The van der Waals surface area contributed by atoms with Crippen LogP contribution < -0.4 is 4.74 Å². The molecule has 1 aromatic heterocycles. The first-order chi connectivity index (χ1) is 9.18. The number of aromatic nitrogens is 2. The molecule has 0 fully saturated rings. The van der Waals surface area contributed by atoms with Crippen LogP contribution in [0.1, 0.15) is 16.8 Å². The summed E-state index contributed by atoms with van der Waals surface area (Å²) in [4.78, 5) is 14.8. The van der Waals surface area contributed by atoms with Gasteiger partial charge in [0.05, 0.1) is 12.9 Å². The lowest BCUT2D eigenvalue weighted by Crippen LogP contribution is -2.08. The molecule has 0 saturated heterocycles. The van der Waals surface area contributed by atoms with Crippen molar-refractivity contribution in [3.05, 3.63) is 48.3 Å². The van der Waals surface area contributed by atoms with Crippen molar-refractivity contribution in [1.82, 2.24) is 9.55 Å². The van der Waals surface area contributed by atoms with E-state index in [0.717, 1.165) is 0 Å². The summed E-state index contributed by atoms with van der Waals surface area (Å²) in [6, 6.07) is 3.84. The molecular formula is C13H13FN2O3. The second-order valence-corrected chi connectivity index (χ2v) is 3.92. The molecule has 2 aromatic rings. The molecule has 2 rings (SSSR count). The van der Waals surface area contributed by atoms with Crippen LogP contribution in [0.4, 0.5) is 4.39 Å². The van der Waals surface area contributed by atoms with Crippen molar-refractivity contribution in [1.29, 1.82) is 0 Å². The third kappa shape index (κ3) is 3.31. The third-order valence-corrected chi connectivity index (χ3v) is 2.56. The lowest BCUT2D eigenvalue weighted by atomic mass is 10.2. The van der Waals surface area contributed by atoms with E-state index in [-0.39, 0.29) is 17.9 Å². The van der Waals surface area contributed by atoms with Gasteiger partial charge in [0, 0.05) is 18.9 Å². The number of para-hydroxylation sites is 1.